The number of hydrogen-bond donors (Lipinski definition) is 2. The number of hydrogen-bond acceptors (Lipinski definition) is 4. The van der Waals surface area contributed by atoms with E-state index in [1.54, 1.807) is 12.1 Å². The quantitative estimate of drug-likeness (QED) is 0.686. The largest absolute Gasteiger partial charge is 0.508 e. The van der Waals surface area contributed by atoms with E-state index in [1.807, 2.05) is 0 Å². The number of esters is 1. The minimum Gasteiger partial charge on any atom is -0.508 e. The van der Waals surface area contributed by atoms with Crippen LogP contribution in [-0.4, -0.2) is 23.3 Å². The van der Waals surface area contributed by atoms with Crippen molar-refractivity contribution in [2.24, 2.45) is 0 Å². The summed E-state index contributed by atoms with van der Waals surface area (Å²) in [7, 11) is 1.18. The van der Waals surface area contributed by atoms with Gasteiger partial charge in [0.15, 0.2) is 5.60 Å². The molecule has 0 radical (unpaired) electrons. The van der Waals surface area contributed by atoms with E-state index in [0.717, 1.165) is 0 Å². The van der Waals surface area contributed by atoms with E-state index >= 15 is 0 Å². The van der Waals surface area contributed by atoms with Gasteiger partial charge in [0.05, 0.1) is 7.11 Å². The highest BCUT2D eigenvalue weighted by Gasteiger charge is 2.35. The Morgan fingerprint density at radius 1 is 1.43 bits per heavy atom. The van der Waals surface area contributed by atoms with Gasteiger partial charge in [0.1, 0.15) is 5.75 Å². The number of phenolic OH excluding ortho intramolecular Hbond substituents is 1. The molecule has 0 saturated carbocycles. The number of ether oxygens (including phenoxy) is 1. The molecule has 14 heavy (non-hydrogen) atoms. The van der Waals surface area contributed by atoms with Gasteiger partial charge in [-0.25, -0.2) is 4.79 Å². The molecule has 1 rings (SSSR count). The van der Waals surface area contributed by atoms with Crippen molar-refractivity contribution >= 4 is 5.97 Å². The number of carbonyl (C=O) groups is 1. The summed E-state index contributed by atoms with van der Waals surface area (Å²) >= 11 is 0. The van der Waals surface area contributed by atoms with Crippen LogP contribution in [0.4, 0.5) is 0 Å². The number of aliphatic hydroxyl groups is 1. The average Bonchev–Trinajstić information content (AvgIpc) is 2.17. The molecule has 1 atom stereocenters. The van der Waals surface area contributed by atoms with Crippen LogP contribution in [0.1, 0.15) is 12.5 Å². The maximum Gasteiger partial charge on any atom is 0.342 e. The minimum absolute atomic E-state index is 0.131. The Labute approximate surface area is 81.8 Å². The molecule has 0 fully saturated rings. The van der Waals surface area contributed by atoms with Gasteiger partial charge in [-0.3, -0.25) is 0 Å². The van der Waals surface area contributed by atoms with Crippen molar-refractivity contribution in [1.29, 1.82) is 0 Å². The first-order valence-corrected chi connectivity index (χ1v) is 4.09. The SMILES string of the molecule is COC(=O)C(C)(O)c1ccccc1O. The fourth-order valence-electron chi connectivity index (χ4n) is 1.19. The van der Waals surface area contributed by atoms with E-state index in [4.69, 9.17) is 0 Å². The van der Waals surface area contributed by atoms with Gasteiger partial charge < -0.3 is 14.9 Å². The van der Waals surface area contributed by atoms with Gasteiger partial charge in [0.25, 0.3) is 0 Å². The molecule has 4 nitrogen and oxygen atoms in total. The molecule has 1 unspecified atom stereocenters. The molecule has 0 aliphatic rings. The molecular formula is C10H12O4. The van der Waals surface area contributed by atoms with E-state index < -0.39 is 11.6 Å². The summed E-state index contributed by atoms with van der Waals surface area (Å²) in [6.45, 7) is 1.27. The van der Waals surface area contributed by atoms with Gasteiger partial charge in [-0.15, -0.1) is 0 Å². The number of aromatic hydroxyl groups is 1. The molecule has 76 valence electrons. The lowest BCUT2D eigenvalue weighted by Crippen LogP contribution is -2.33. The van der Waals surface area contributed by atoms with Crippen LogP contribution in [0.5, 0.6) is 5.75 Å². The molecule has 4 heteroatoms. The third-order valence-electron chi connectivity index (χ3n) is 2.01. The zero-order valence-corrected chi connectivity index (χ0v) is 8.02. The summed E-state index contributed by atoms with van der Waals surface area (Å²) in [6, 6.07) is 6.08. The van der Waals surface area contributed by atoms with Crippen LogP contribution < -0.4 is 0 Å². The van der Waals surface area contributed by atoms with Crippen LogP contribution in [0.3, 0.4) is 0 Å². The number of carbonyl (C=O) groups excluding carboxylic acids is 1. The smallest absolute Gasteiger partial charge is 0.342 e. The molecule has 0 spiro atoms. The van der Waals surface area contributed by atoms with E-state index in [-0.39, 0.29) is 11.3 Å². The predicted molar refractivity (Wildman–Crippen MR) is 49.7 cm³/mol. The molecule has 0 aromatic heterocycles. The van der Waals surface area contributed by atoms with Gasteiger partial charge in [0.2, 0.25) is 0 Å². The number of methoxy groups -OCH3 is 1. The number of para-hydroxylation sites is 1. The molecule has 1 aromatic carbocycles. The van der Waals surface area contributed by atoms with Gasteiger partial charge in [0, 0.05) is 5.56 Å². The molecule has 2 N–H and O–H groups in total. The molecule has 1 aromatic rings. The third-order valence-corrected chi connectivity index (χ3v) is 2.01. The molecule has 0 bridgehead atoms. The maximum atomic E-state index is 11.2. The van der Waals surface area contributed by atoms with Crippen molar-refractivity contribution in [1.82, 2.24) is 0 Å². The Bertz CT molecular complexity index is 344. The lowest BCUT2D eigenvalue weighted by molar-refractivity contribution is -0.161. The predicted octanol–water partition coefficient (Wildman–Crippen LogP) is 0.773. The normalized spacial score (nSPS) is 14.5. The first-order chi connectivity index (χ1) is 6.50. The lowest BCUT2D eigenvalue weighted by atomic mass is 9.95. The van der Waals surface area contributed by atoms with Crippen molar-refractivity contribution < 1.29 is 19.7 Å². The Hall–Kier alpha value is -1.55. The summed E-state index contributed by atoms with van der Waals surface area (Å²) in [6.07, 6.45) is 0. The Balaban J connectivity index is 3.16. The van der Waals surface area contributed by atoms with Gasteiger partial charge in [-0.05, 0) is 13.0 Å². The highest BCUT2D eigenvalue weighted by Crippen LogP contribution is 2.29. The first kappa shape index (κ1) is 10.5. The van der Waals surface area contributed by atoms with E-state index in [9.17, 15) is 15.0 Å². The summed E-state index contributed by atoms with van der Waals surface area (Å²) in [5, 5.41) is 19.2. The monoisotopic (exact) mass is 196 g/mol. The zero-order chi connectivity index (χ0) is 10.8. The zero-order valence-electron chi connectivity index (χ0n) is 8.02. The Morgan fingerprint density at radius 2 is 2.00 bits per heavy atom. The highest BCUT2D eigenvalue weighted by atomic mass is 16.5. The standard InChI is InChI=1S/C10H12O4/c1-10(13,9(12)14-2)7-5-3-4-6-8(7)11/h3-6,11,13H,1-2H3. The van der Waals surface area contributed by atoms with Crippen molar-refractivity contribution in [3.8, 4) is 5.75 Å². The van der Waals surface area contributed by atoms with Crippen LogP contribution in [0.2, 0.25) is 0 Å². The average molecular weight is 196 g/mol. The Morgan fingerprint density at radius 3 is 2.50 bits per heavy atom. The summed E-state index contributed by atoms with van der Waals surface area (Å²) in [5.74, 6) is -0.943. The van der Waals surface area contributed by atoms with Crippen LogP contribution >= 0.6 is 0 Å². The second kappa shape index (κ2) is 3.67. The van der Waals surface area contributed by atoms with Crippen LogP contribution in [0.15, 0.2) is 24.3 Å². The summed E-state index contributed by atoms with van der Waals surface area (Å²) in [4.78, 5) is 11.2. The summed E-state index contributed by atoms with van der Waals surface area (Å²) < 4.78 is 4.42. The number of phenols is 1. The Kier molecular flexibility index (Phi) is 2.76. The van der Waals surface area contributed by atoms with E-state index in [2.05, 4.69) is 4.74 Å². The second-order valence-corrected chi connectivity index (χ2v) is 3.08. The van der Waals surface area contributed by atoms with Gasteiger partial charge in [-0.2, -0.15) is 0 Å². The molecule has 0 heterocycles. The molecule has 0 saturated heterocycles. The molecule has 0 aliphatic heterocycles. The molecule has 0 amide bonds. The van der Waals surface area contributed by atoms with E-state index in [0.29, 0.717) is 0 Å². The third kappa shape index (κ3) is 1.70. The fourth-order valence-corrected chi connectivity index (χ4v) is 1.19. The van der Waals surface area contributed by atoms with Crippen LogP contribution in [-0.2, 0) is 15.1 Å². The van der Waals surface area contributed by atoms with Crippen molar-refractivity contribution in [3.05, 3.63) is 29.8 Å². The minimum atomic E-state index is -1.82. The molecular weight excluding hydrogens is 184 g/mol. The van der Waals surface area contributed by atoms with Crippen molar-refractivity contribution in [2.45, 2.75) is 12.5 Å². The summed E-state index contributed by atoms with van der Waals surface area (Å²) in [5.41, 5.74) is -1.69. The topological polar surface area (TPSA) is 66.8 Å². The van der Waals surface area contributed by atoms with Gasteiger partial charge in [-0.1, -0.05) is 18.2 Å². The maximum absolute atomic E-state index is 11.2. The van der Waals surface area contributed by atoms with Crippen LogP contribution in [0, 0.1) is 0 Å². The van der Waals surface area contributed by atoms with Crippen LogP contribution in [0.25, 0.3) is 0 Å². The van der Waals surface area contributed by atoms with Crippen molar-refractivity contribution in [3.63, 3.8) is 0 Å². The first-order valence-electron chi connectivity index (χ1n) is 4.09. The highest BCUT2D eigenvalue weighted by molar-refractivity contribution is 5.81. The number of benzene rings is 1. The number of rotatable bonds is 2. The van der Waals surface area contributed by atoms with Gasteiger partial charge >= 0.3 is 5.97 Å². The fraction of sp³-hybridized carbons (Fsp3) is 0.300. The second-order valence-electron chi connectivity index (χ2n) is 3.08. The van der Waals surface area contributed by atoms with E-state index in [1.165, 1.54) is 26.2 Å². The lowest BCUT2D eigenvalue weighted by Gasteiger charge is -2.21. The van der Waals surface area contributed by atoms with Crippen molar-refractivity contribution in [2.75, 3.05) is 7.11 Å². The molecule has 0 aliphatic carbocycles.